The zero-order valence-electron chi connectivity index (χ0n) is 18.1. The van der Waals surface area contributed by atoms with Crippen molar-refractivity contribution >= 4 is 23.1 Å². The standard InChI is InChI=1S/C23H29N7O/c1-15-9-19(14-30-13-16(2)27-22(15)30)28-23(31)20-11-26-21(12-25-20)29-7-5-17(6-8-29)10-24-18-3-4-18/h9,11-14,17-18,24H,3-8,10H2,1-2H3,(H,28,31). The van der Waals surface area contributed by atoms with Gasteiger partial charge in [-0.05, 0) is 63.6 Å². The number of anilines is 2. The molecule has 2 aliphatic rings. The number of nitrogens with one attached hydrogen (secondary N) is 2. The van der Waals surface area contributed by atoms with Gasteiger partial charge in [0.1, 0.15) is 17.2 Å². The minimum absolute atomic E-state index is 0.264. The molecule has 162 valence electrons. The molecule has 3 aromatic heterocycles. The molecule has 8 heteroatoms. The summed E-state index contributed by atoms with van der Waals surface area (Å²) in [4.78, 5) is 28.3. The van der Waals surface area contributed by atoms with Gasteiger partial charge in [0.2, 0.25) is 0 Å². The fraction of sp³-hybridized carbons (Fsp3) is 0.478. The number of aromatic nitrogens is 4. The highest BCUT2D eigenvalue weighted by Crippen LogP contribution is 2.24. The average Bonchev–Trinajstić information content (AvgIpc) is 3.52. The van der Waals surface area contributed by atoms with Gasteiger partial charge in [0.05, 0.1) is 23.8 Å². The number of fused-ring (bicyclic) bond motifs is 1. The number of nitrogens with zero attached hydrogens (tertiary/aromatic N) is 5. The van der Waals surface area contributed by atoms with E-state index in [1.807, 2.05) is 36.7 Å². The first-order valence-corrected chi connectivity index (χ1v) is 11.1. The summed E-state index contributed by atoms with van der Waals surface area (Å²) in [6, 6.07) is 2.70. The van der Waals surface area contributed by atoms with Gasteiger partial charge < -0.3 is 19.9 Å². The number of hydrogen-bond donors (Lipinski definition) is 2. The molecule has 1 saturated carbocycles. The van der Waals surface area contributed by atoms with Gasteiger partial charge >= 0.3 is 0 Å². The Morgan fingerprint density at radius 2 is 1.90 bits per heavy atom. The molecule has 0 unspecified atom stereocenters. The third kappa shape index (κ3) is 4.54. The summed E-state index contributed by atoms with van der Waals surface area (Å²) in [6.45, 7) is 7.04. The summed E-state index contributed by atoms with van der Waals surface area (Å²) in [7, 11) is 0. The van der Waals surface area contributed by atoms with Crippen LogP contribution in [0.25, 0.3) is 5.65 Å². The predicted octanol–water partition coefficient (Wildman–Crippen LogP) is 2.96. The molecule has 1 amide bonds. The van der Waals surface area contributed by atoms with Crippen molar-refractivity contribution in [2.45, 2.75) is 45.6 Å². The van der Waals surface area contributed by atoms with Crippen LogP contribution in [0.3, 0.4) is 0 Å². The number of carbonyl (C=O) groups is 1. The zero-order chi connectivity index (χ0) is 21.4. The molecule has 0 aromatic carbocycles. The topological polar surface area (TPSA) is 87.5 Å². The lowest BCUT2D eigenvalue weighted by Crippen LogP contribution is -2.38. The van der Waals surface area contributed by atoms with E-state index in [1.165, 1.54) is 25.7 Å². The number of aryl methyl sites for hydroxylation is 2. The van der Waals surface area contributed by atoms with Gasteiger partial charge in [0.15, 0.2) is 0 Å². The molecular formula is C23H29N7O. The maximum Gasteiger partial charge on any atom is 0.275 e. The Labute approximate surface area is 182 Å². The quantitative estimate of drug-likeness (QED) is 0.639. The molecule has 0 bridgehead atoms. The van der Waals surface area contributed by atoms with Crippen LogP contribution in [-0.2, 0) is 0 Å². The predicted molar refractivity (Wildman–Crippen MR) is 121 cm³/mol. The van der Waals surface area contributed by atoms with E-state index in [0.717, 1.165) is 54.3 Å². The van der Waals surface area contributed by atoms with Crippen molar-refractivity contribution in [2.75, 3.05) is 29.9 Å². The first kappa shape index (κ1) is 19.9. The van der Waals surface area contributed by atoms with Crippen molar-refractivity contribution < 1.29 is 4.79 Å². The fourth-order valence-electron chi connectivity index (χ4n) is 4.24. The minimum Gasteiger partial charge on any atom is -0.355 e. The lowest BCUT2D eigenvalue weighted by molar-refractivity contribution is 0.102. The summed E-state index contributed by atoms with van der Waals surface area (Å²) >= 11 is 0. The highest BCUT2D eigenvalue weighted by atomic mass is 16.1. The molecular weight excluding hydrogens is 390 g/mol. The molecule has 3 aromatic rings. The number of carbonyl (C=O) groups excluding carboxylic acids is 1. The number of pyridine rings is 1. The lowest BCUT2D eigenvalue weighted by Gasteiger charge is -2.32. The van der Waals surface area contributed by atoms with Crippen LogP contribution in [0.5, 0.6) is 0 Å². The van der Waals surface area contributed by atoms with Crippen molar-refractivity contribution in [3.63, 3.8) is 0 Å². The number of hydrogen-bond acceptors (Lipinski definition) is 6. The monoisotopic (exact) mass is 419 g/mol. The van der Waals surface area contributed by atoms with E-state index in [-0.39, 0.29) is 5.91 Å². The van der Waals surface area contributed by atoms with Crippen LogP contribution in [0.15, 0.2) is 30.9 Å². The SMILES string of the molecule is Cc1cn2cc(NC(=O)c3cnc(N4CCC(CNC5CC5)CC4)cn3)cc(C)c2n1. The second kappa shape index (κ2) is 8.26. The molecule has 4 heterocycles. The van der Waals surface area contributed by atoms with E-state index in [4.69, 9.17) is 0 Å². The van der Waals surface area contributed by atoms with Crippen LogP contribution < -0.4 is 15.5 Å². The fourth-order valence-corrected chi connectivity index (χ4v) is 4.24. The third-order valence-electron chi connectivity index (χ3n) is 6.20. The van der Waals surface area contributed by atoms with Gasteiger partial charge in [-0.25, -0.2) is 15.0 Å². The molecule has 8 nitrogen and oxygen atoms in total. The summed E-state index contributed by atoms with van der Waals surface area (Å²) in [5.74, 6) is 1.32. The van der Waals surface area contributed by atoms with Crippen LogP contribution in [0.1, 0.15) is 47.4 Å². The van der Waals surface area contributed by atoms with Gasteiger partial charge in [0, 0.05) is 31.5 Å². The molecule has 0 radical (unpaired) electrons. The largest absolute Gasteiger partial charge is 0.355 e. The Morgan fingerprint density at radius 1 is 1.10 bits per heavy atom. The van der Waals surface area contributed by atoms with Crippen LogP contribution in [0.4, 0.5) is 11.5 Å². The highest BCUT2D eigenvalue weighted by Gasteiger charge is 2.25. The number of piperidine rings is 1. The molecule has 2 N–H and O–H groups in total. The summed E-state index contributed by atoms with van der Waals surface area (Å²) < 4.78 is 1.93. The van der Waals surface area contributed by atoms with Crippen molar-refractivity contribution in [3.05, 3.63) is 47.8 Å². The van der Waals surface area contributed by atoms with Gasteiger partial charge in [0.25, 0.3) is 5.91 Å². The molecule has 5 rings (SSSR count). The van der Waals surface area contributed by atoms with Crippen molar-refractivity contribution in [3.8, 4) is 0 Å². The molecule has 1 aliphatic carbocycles. The van der Waals surface area contributed by atoms with Gasteiger partial charge in [-0.1, -0.05) is 0 Å². The Bertz CT molecular complexity index is 1080. The van der Waals surface area contributed by atoms with Gasteiger partial charge in [-0.2, -0.15) is 0 Å². The highest BCUT2D eigenvalue weighted by molar-refractivity contribution is 6.02. The van der Waals surface area contributed by atoms with Crippen LogP contribution >= 0.6 is 0 Å². The van der Waals surface area contributed by atoms with Crippen molar-refractivity contribution in [1.82, 2.24) is 24.7 Å². The van der Waals surface area contributed by atoms with Crippen LogP contribution in [0.2, 0.25) is 0 Å². The normalized spacial score (nSPS) is 17.3. The second-order valence-corrected chi connectivity index (χ2v) is 8.85. The molecule has 1 aliphatic heterocycles. The molecule has 0 spiro atoms. The zero-order valence-corrected chi connectivity index (χ0v) is 18.1. The van der Waals surface area contributed by atoms with E-state index < -0.39 is 0 Å². The Morgan fingerprint density at radius 3 is 2.61 bits per heavy atom. The van der Waals surface area contributed by atoms with E-state index in [2.05, 4.69) is 30.5 Å². The van der Waals surface area contributed by atoms with E-state index in [1.54, 1.807) is 12.4 Å². The average molecular weight is 420 g/mol. The molecule has 2 fully saturated rings. The Balaban J connectivity index is 1.19. The van der Waals surface area contributed by atoms with Crippen LogP contribution in [0, 0.1) is 19.8 Å². The number of rotatable bonds is 6. The number of amides is 1. The van der Waals surface area contributed by atoms with Gasteiger partial charge in [-0.3, -0.25) is 4.79 Å². The maximum atomic E-state index is 12.7. The van der Waals surface area contributed by atoms with Gasteiger partial charge in [-0.15, -0.1) is 0 Å². The second-order valence-electron chi connectivity index (χ2n) is 8.85. The summed E-state index contributed by atoms with van der Waals surface area (Å²) in [5.41, 5.74) is 3.86. The molecule has 1 saturated heterocycles. The Kier molecular flexibility index (Phi) is 5.31. The van der Waals surface area contributed by atoms with E-state index >= 15 is 0 Å². The number of imidazole rings is 1. The molecule has 0 atom stereocenters. The third-order valence-corrected chi connectivity index (χ3v) is 6.20. The summed E-state index contributed by atoms with van der Waals surface area (Å²) in [5, 5.41) is 6.56. The Hall–Kier alpha value is -3.00. The van der Waals surface area contributed by atoms with Crippen LogP contribution in [-0.4, -0.2) is 50.9 Å². The first-order chi connectivity index (χ1) is 15.0. The molecule has 31 heavy (non-hydrogen) atoms. The first-order valence-electron chi connectivity index (χ1n) is 11.1. The van der Waals surface area contributed by atoms with Crippen molar-refractivity contribution in [2.24, 2.45) is 5.92 Å². The smallest absolute Gasteiger partial charge is 0.275 e. The minimum atomic E-state index is -0.264. The lowest BCUT2D eigenvalue weighted by atomic mass is 9.97. The van der Waals surface area contributed by atoms with E-state index in [9.17, 15) is 4.79 Å². The summed E-state index contributed by atoms with van der Waals surface area (Å²) in [6.07, 6.45) is 12.1. The van der Waals surface area contributed by atoms with Crippen molar-refractivity contribution in [1.29, 1.82) is 0 Å². The van der Waals surface area contributed by atoms with E-state index in [0.29, 0.717) is 11.4 Å². The maximum absolute atomic E-state index is 12.7.